The first-order chi connectivity index (χ1) is 9.00. The minimum atomic E-state index is -5.16. The third-order valence-electron chi connectivity index (χ3n) is 2.55. The molecule has 1 aromatic rings. The molecule has 1 rings (SSSR count). The number of hydrogen-bond donors (Lipinski definition) is 2. The summed E-state index contributed by atoms with van der Waals surface area (Å²) < 4.78 is 38.6. The largest absolute Gasteiger partial charge is 0.479 e. The van der Waals surface area contributed by atoms with Gasteiger partial charge in [0.25, 0.3) is 5.91 Å². The first-order valence-electron chi connectivity index (χ1n) is 5.07. The fourth-order valence-corrected chi connectivity index (χ4v) is 1.80. The number of carboxylic acids is 1. The van der Waals surface area contributed by atoms with E-state index < -0.39 is 23.6 Å². The molecule has 1 aromatic carbocycles. The van der Waals surface area contributed by atoms with Crippen molar-refractivity contribution in [3.8, 4) is 0 Å². The van der Waals surface area contributed by atoms with Gasteiger partial charge in [-0.15, -0.1) is 0 Å². The lowest BCUT2D eigenvalue weighted by Gasteiger charge is -2.28. The van der Waals surface area contributed by atoms with Crippen LogP contribution in [-0.4, -0.2) is 28.7 Å². The molecule has 0 bridgehead atoms. The zero-order valence-corrected chi connectivity index (χ0v) is 12.2. The molecule has 9 heteroatoms. The third kappa shape index (κ3) is 3.06. The normalized spacial score (nSPS) is 14.5. The number of halogens is 5. The highest BCUT2D eigenvalue weighted by molar-refractivity contribution is 9.10. The SMILES string of the molecule is CC(NC(=O)c1cccc(Br)c1Cl)(C(=O)O)C(F)(F)F. The van der Waals surface area contributed by atoms with Gasteiger partial charge in [-0.25, -0.2) is 4.79 Å². The average molecular weight is 375 g/mol. The van der Waals surface area contributed by atoms with Crippen molar-refractivity contribution in [3.63, 3.8) is 0 Å². The van der Waals surface area contributed by atoms with Gasteiger partial charge in [0, 0.05) is 4.47 Å². The minimum Gasteiger partial charge on any atom is -0.479 e. The summed E-state index contributed by atoms with van der Waals surface area (Å²) in [7, 11) is 0. The zero-order chi connectivity index (χ0) is 15.7. The van der Waals surface area contributed by atoms with Crippen molar-refractivity contribution in [2.75, 3.05) is 0 Å². The fraction of sp³-hybridized carbons (Fsp3) is 0.273. The molecule has 2 N–H and O–H groups in total. The van der Waals surface area contributed by atoms with Crippen LogP contribution in [0, 0.1) is 0 Å². The Morgan fingerprint density at radius 2 is 1.90 bits per heavy atom. The number of rotatable bonds is 3. The first kappa shape index (κ1) is 16.8. The van der Waals surface area contributed by atoms with Gasteiger partial charge in [0.2, 0.25) is 5.54 Å². The van der Waals surface area contributed by atoms with Crippen LogP contribution in [0.3, 0.4) is 0 Å². The molecule has 0 aliphatic carbocycles. The number of carboxylic acid groups (broad SMARTS) is 1. The Kier molecular flexibility index (Phi) is 4.70. The zero-order valence-electron chi connectivity index (χ0n) is 9.89. The van der Waals surface area contributed by atoms with Crippen molar-refractivity contribution in [1.29, 1.82) is 0 Å². The Morgan fingerprint density at radius 1 is 1.35 bits per heavy atom. The Labute approximate surface area is 125 Å². The number of nitrogens with one attached hydrogen (secondary N) is 1. The van der Waals surface area contributed by atoms with Gasteiger partial charge in [0.1, 0.15) is 0 Å². The van der Waals surface area contributed by atoms with Crippen molar-refractivity contribution >= 4 is 39.4 Å². The lowest BCUT2D eigenvalue weighted by molar-refractivity contribution is -0.203. The van der Waals surface area contributed by atoms with E-state index in [0.717, 1.165) is 0 Å². The number of aliphatic carboxylic acids is 1. The summed E-state index contributed by atoms with van der Waals surface area (Å²) in [4.78, 5) is 22.6. The van der Waals surface area contributed by atoms with Crippen molar-refractivity contribution in [1.82, 2.24) is 5.32 Å². The Bertz CT molecular complexity index is 564. The molecule has 4 nitrogen and oxygen atoms in total. The molecule has 0 heterocycles. The second-order valence-corrected chi connectivity index (χ2v) is 5.22. The van der Waals surface area contributed by atoms with E-state index in [0.29, 0.717) is 11.4 Å². The molecule has 20 heavy (non-hydrogen) atoms. The van der Waals surface area contributed by atoms with E-state index in [1.807, 2.05) is 0 Å². The Hall–Kier alpha value is -1.28. The van der Waals surface area contributed by atoms with E-state index in [2.05, 4.69) is 15.9 Å². The van der Waals surface area contributed by atoms with Crippen molar-refractivity contribution in [2.24, 2.45) is 0 Å². The summed E-state index contributed by atoms with van der Waals surface area (Å²) in [6, 6.07) is 4.05. The number of carbonyl (C=O) groups is 2. The second kappa shape index (κ2) is 5.61. The molecule has 0 spiro atoms. The standard InChI is InChI=1S/C11H8BrClF3NO3/c1-10(9(19)20,11(14,15)16)17-8(18)5-3-2-4-6(12)7(5)13/h2-4H,1H3,(H,17,18)(H,19,20). The quantitative estimate of drug-likeness (QED) is 0.854. The second-order valence-electron chi connectivity index (χ2n) is 3.98. The molecule has 0 aliphatic rings. The lowest BCUT2D eigenvalue weighted by Crippen LogP contribution is -2.61. The first-order valence-corrected chi connectivity index (χ1v) is 6.24. The van der Waals surface area contributed by atoms with Crippen LogP contribution >= 0.6 is 27.5 Å². The molecular weight excluding hydrogens is 366 g/mol. The molecule has 110 valence electrons. The van der Waals surface area contributed by atoms with Crippen LogP contribution in [0.5, 0.6) is 0 Å². The number of alkyl halides is 3. The number of amides is 1. The lowest BCUT2D eigenvalue weighted by atomic mass is 10.0. The van der Waals surface area contributed by atoms with Crippen LogP contribution in [-0.2, 0) is 4.79 Å². The number of hydrogen-bond acceptors (Lipinski definition) is 2. The van der Waals surface area contributed by atoms with Gasteiger partial charge in [0.15, 0.2) is 0 Å². The fourth-order valence-electron chi connectivity index (χ4n) is 1.22. The van der Waals surface area contributed by atoms with E-state index in [1.165, 1.54) is 23.5 Å². The maximum Gasteiger partial charge on any atom is 0.422 e. The summed E-state index contributed by atoms with van der Waals surface area (Å²) in [6.45, 7) is 0.360. The van der Waals surface area contributed by atoms with Crippen LogP contribution in [0.4, 0.5) is 13.2 Å². The predicted octanol–water partition coefficient (Wildman–Crippen LogP) is 3.24. The van der Waals surface area contributed by atoms with E-state index in [9.17, 15) is 22.8 Å². The van der Waals surface area contributed by atoms with Gasteiger partial charge in [0.05, 0.1) is 10.6 Å². The Balaban J connectivity index is 3.17. The molecular formula is C11H8BrClF3NO3. The summed E-state index contributed by atoms with van der Waals surface area (Å²) in [6.07, 6.45) is -5.16. The maximum atomic E-state index is 12.8. The van der Waals surface area contributed by atoms with E-state index >= 15 is 0 Å². The summed E-state index contributed by atoms with van der Waals surface area (Å²) in [5.74, 6) is -3.46. The smallest absolute Gasteiger partial charge is 0.422 e. The van der Waals surface area contributed by atoms with Gasteiger partial charge in [-0.2, -0.15) is 13.2 Å². The van der Waals surface area contributed by atoms with Crippen molar-refractivity contribution in [2.45, 2.75) is 18.6 Å². The van der Waals surface area contributed by atoms with Crippen molar-refractivity contribution in [3.05, 3.63) is 33.3 Å². The number of carbonyl (C=O) groups excluding carboxylic acids is 1. The molecule has 1 amide bonds. The minimum absolute atomic E-state index is 0.111. The van der Waals surface area contributed by atoms with Crippen LogP contribution in [0.15, 0.2) is 22.7 Å². The summed E-state index contributed by atoms with van der Waals surface area (Å²) >= 11 is 8.79. The van der Waals surface area contributed by atoms with Crippen LogP contribution in [0.2, 0.25) is 5.02 Å². The molecule has 0 saturated heterocycles. The van der Waals surface area contributed by atoms with Gasteiger partial charge in [-0.1, -0.05) is 17.7 Å². The number of benzene rings is 1. The molecule has 1 atom stereocenters. The summed E-state index contributed by atoms with van der Waals surface area (Å²) in [5.41, 5.74) is -3.67. The molecule has 0 saturated carbocycles. The topological polar surface area (TPSA) is 66.4 Å². The van der Waals surface area contributed by atoms with Crippen LogP contribution in [0.25, 0.3) is 0 Å². The highest BCUT2D eigenvalue weighted by Crippen LogP contribution is 2.32. The van der Waals surface area contributed by atoms with E-state index in [-0.39, 0.29) is 10.6 Å². The highest BCUT2D eigenvalue weighted by Gasteiger charge is 2.58. The average Bonchev–Trinajstić information content (AvgIpc) is 2.30. The predicted molar refractivity (Wildman–Crippen MR) is 68.7 cm³/mol. The Morgan fingerprint density at radius 3 is 2.35 bits per heavy atom. The van der Waals surface area contributed by atoms with Crippen molar-refractivity contribution < 1.29 is 27.9 Å². The molecule has 0 aliphatic heterocycles. The van der Waals surface area contributed by atoms with E-state index in [1.54, 1.807) is 0 Å². The van der Waals surface area contributed by atoms with E-state index in [4.69, 9.17) is 16.7 Å². The maximum absolute atomic E-state index is 12.8. The molecule has 0 aromatic heterocycles. The van der Waals surface area contributed by atoms with Crippen LogP contribution in [0.1, 0.15) is 17.3 Å². The molecule has 0 fully saturated rings. The third-order valence-corrected chi connectivity index (χ3v) is 3.85. The van der Waals surface area contributed by atoms with Gasteiger partial charge in [-0.05, 0) is 35.0 Å². The van der Waals surface area contributed by atoms with Crippen LogP contribution < -0.4 is 5.32 Å². The van der Waals surface area contributed by atoms with Gasteiger partial charge in [-0.3, -0.25) is 4.79 Å². The van der Waals surface area contributed by atoms with Gasteiger partial charge < -0.3 is 10.4 Å². The molecule has 0 radical (unpaired) electrons. The molecule has 1 unspecified atom stereocenters. The monoisotopic (exact) mass is 373 g/mol. The summed E-state index contributed by atoms with van der Waals surface area (Å²) in [5, 5.41) is 10.0. The van der Waals surface area contributed by atoms with Gasteiger partial charge >= 0.3 is 12.1 Å². The highest BCUT2D eigenvalue weighted by atomic mass is 79.9.